The van der Waals surface area contributed by atoms with Crippen LogP contribution in [0.4, 0.5) is 13.2 Å². The number of aliphatic hydroxyl groups is 1. The maximum Gasteiger partial charge on any atom is 0.443 e. The Balaban J connectivity index is 2.87. The lowest BCUT2D eigenvalue weighted by Gasteiger charge is -2.03. The zero-order chi connectivity index (χ0) is 10.1. The first kappa shape index (κ1) is 10.4. The first-order valence-corrected chi connectivity index (χ1v) is 4.24. The third-order valence-electron chi connectivity index (χ3n) is 1.33. The highest BCUT2D eigenvalue weighted by atomic mass is 32.1. The Kier molecular flexibility index (Phi) is 2.89. The van der Waals surface area contributed by atoms with Gasteiger partial charge in [0, 0.05) is 11.9 Å². The molecule has 13 heavy (non-hydrogen) atoms. The summed E-state index contributed by atoms with van der Waals surface area (Å²) in [4.78, 5) is 3.22. The van der Waals surface area contributed by atoms with E-state index in [1.807, 2.05) is 0 Å². The normalized spacial score (nSPS) is 14.5. The van der Waals surface area contributed by atoms with E-state index in [-0.39, 0.29) is 12.2 Å². The summed E-state index contributed by atoms with van der Waals surface area (Å²) < 4.78 is 36.0. The number of rotatable bonds is 2. The highest BCUT2D eigenvalue weighted by molar-refractivity contribution is 7.09. The number of aliphatic hydroxyl groups excluding tert-OH is 1. The third-order valence-corrected chi connectivity index (χ3v) is 2.23. The van der Waals surface area contributed by atoms with Gasteiger partial charge >= 0.3 is 6.18 Å². The van der Waals surface area contributed by atoms with Crippen LogP contribution in [-0.2, 0) is 6.18 Å². The van der Waals surface area contributed by atoms with Crippen LogP contribution in [0.1, 0.15) is 16.8 Å². The van der Waals surface area contributed by atoms with Crippen molar-refractivity contribution in [1.29, 1.82) is 0 Å². The van der Waals surface area contributed by atoms with Gasteiger partial charge in [-0.05, 0) is 0 Å². The van der Waals surface area contributed by atoms with Gasteiger partial charge in [-0.25, -0.2) is 4.98 Å². The van der Waals surface area contributed by atoms with Gasteiger partial charge in [0.25, 0.3) is 0 Å². The van der Waals surface area contributed by atoms with Crippen molar-refractivity contribution in [1.82, 2.24) is 4.98 Å². The van der Waals surface area contributed by atoms with E-state index in [1.54, 1.807) is 0 Å². The van der Waals surface area contributed by atoms with Crippen LogP contribution in [0.2, 0.25) is 0 Å². The molecule has 7 heteroatoms. The summed E-state index contributed by atoms with van der Waals surface area (Å²) in [5.41, 5.74) is 5.03. The van der Waals surface area contributed by atoms with E-state index in [4.69, 9.17) is 10.8 Å². The second kappa shape index (κ2) is 3.60. The Morgan fingerprint density at radius 2 is 2.23 bits per heavy atom. The number of hydrogen-bond donors (Lipinski definition) is 2. The Labute approximate surface area is 76.0 Å². The molecule has 0 fully saturated rings. The fraction of sp³-hybridized carbons (Fsp3) is 0.500. The summed E-state index contributed by atoms with van der Waals surface area (Å²) in [7, 11) is 0. The van der Waals surface area contributed by atoms with Crippen LogP contribution < -0.4 is 5.73 Å². The number of nitrogens with zero attached hydrogens (tertiary/aromatic N) is 1. The standard InChI is InChI=1S/C6H7F3N2OS/c7-6(8,9)5-11-3(2-13-5)4(12)1-10/h2,4,12H,1,10H2/t4-/m1/s1. The molecule has 0 aliphatic rings. The van der Waals surface area contributed by atoms with E-state index >= 15 is 0 Å². The van der Waals surface area contributed by atoms with Gasteiger partial charge in [-0.2, -0.15) is 13.2 Å². The first-order valence-electron chi connectivity index (χ1n) is 3.36. The van der Waals surface area contributed by atoms with Crippen LogP contribution in [0.25, 0.3) is 0 Å². The fourth-order valence-corrected chi connectivity index (χ4v) is 1.42. The molecule has 0 spiro atoms. The minimum Gasteiger partial charge on any atom is -0.385 e. The second-order valence-corrected chi connectivity index (χ2v) is 3.18. The average Bonchev–Trinajstić information content (AvgIpc) is 2.50. The molecule has 3 nitrogen and oxygen atoms in total. The summed E-state index contributed by atoms with van der Waals surface area (Å²) in [5.74, 6) is 0. The van der Waals surface area contributed by atoms with E-state index in [9.17, 15) is 13.2 Å². The van der Waals surface area contributed by atoms with Crippen LogP contribution in [0.15, 0.2) is 5.38 Å². The number of aromatic nitrogens is 1. The lowest BCUT2D eigenvalue weighted by atomic mass is 10.3. The SMILES string of the molecule is NC[C@@H](O)c1csc(C(F)(F)F)n1. The Hall–Kier alpha value is -0.660. The molecule has 0 saturated heterocycles. The average molecular weight is 212 g/mol. The molecule has 1 rings (SSSR count). The van der Waals surface area contributed by atoms with Gasteiger partial charge in [0.15, 0.2) is 5.01 Å². The van der Waals surface area contributed by atoms with Crippen molar-refractivity contribution in [3.05, 3.63) is 16.1 Å². The van der Waals surface area contributed by atoms with Crippen molar-refractivity contribution in [3.8, 4) is 0 Å². The molecule has 0 saturated carbocycles. The molecule has 0 unspecified atom stereocenters. The van der Waals surface area contributed by atoms with Crippen LogP contribution in [0.5, 0.6) is 0 Å². The Morgan fingerprint density at radius 1 is 1.62 bits per heavy atom. The fourth-order valence-electron chi connectivity index (χ4n) is 0.690. The van der Waals surface area contributed by atoms with Gasteiger partial charge in [0.2, 0.25) is 0 Å². The van der Waals surface area contributed by atoms with Gasteiger partial charge in [0.1, 0.15) is 6.10 Å². The van der Waals surface area contributed by atoms with Crippen molar-refractivity contribution in [2.75, 3.05) is 6.54 Å². The highest BCUT2D eigenvalue weighted by Gasteiger charge is 2.34. The van der Waals surface area contributed by atoms with Gasteiger partial charge in [-0.3, -0.25) is 0 Å². The largest absolute Gasteiger partial charge is 0.443 e. The smallest absolute Gasteiger partial charge is 0.385 e. The van der Waals surface area contributed by atoms with E-state index in [1.165, 1.54) is 0 Å². The van der Waals surface area contributed by atoms with Crippen molar-refractivity contribution in [3.63, 3.8) is 0 Å². The summed E-state index contributed by atoms with van der Waals surface area (Å²) in [6, 6.07) is 0. The van der Waals surface area contributed by atoms with Crippen molar-refractivity contribution in [2.24, 2.45) is 5.73 Å². The zero-order valence-corrected chi connectivity index (χ0v) is 7.19. The van der Waals surface area contributed by atoms with Crippen molar-refractivity contribution < 1.29 is 18.3 Å². The van der Waals surface area contributed by atoms with E-state index < -0.39 is 17.3 Å². The molecule has 1 aromatic heterocycles. The minimum atomic E-state index is -4.45. The molecule has 0 amide bonds. The topological polar surface area (TPSA) is 59.1 Å². The molecule has 0 aromatic carbocycles. The molecular formula is C6H7F3N2OS. The molecule has 1 heterocycles. The van der Waals surface area contributed by atoms with Gasteiger partial charge in [-0.1, -0.05) is 0 Å². The first-order chi connectivity index (χ1) is 5.95. The predicted molar refractivity (Wildman–Crippen MR) is 41.1 cm³/mol. The zero-order valence-electron chi connectivity index (χ0n) is 6.38. The van der Waals surface area contributed by atoms with Crippen LogP contribution in [0.3, 0.4) is 0 Å². The van der Waals surface area contributed by atoms with Crippen LogP contribution in [0, 0.1) is 0 Å². The summed E-state index contributed by atoms with van der Waals surface area (Å²) in [6.07, 6.45) is -5.57. The monoisotopic (exact) mass is 212 g/mol. The summed E-state index contributed by atoms with van der Waals surface area (Å²) in [6.45, 7) is -0.138. The number of halogens is 3. The maximum atomic E-state index is 12.0. The molecule has 0 bridgehead atoms. The van der Waals surface area contributed by atoms with Crippen molar-refractivity contribution >= 4 is 11.3 Å². The highest BCUT2D eigenvalue weighted by Crippen LogP contribution is 2.32. The Bertz CT molecular complexity index is 286. The summed E-state index contributed by atoms with van der Waals surface area (Å²) >= 11 is 0.449. The van der Waals surface area contributed by atoms with E-state index in [2.05, 4.69) is 4.98 Å². The maximum absolute atomic E-state index is 12.0. The molecule has 0 aliphatic heterocycles. The molecule has 1 aromatic rings. The van der Waals surface area contributed by atoms with Gasteiger partial charge in [-0.15, -0.1) is 11.3 Å². The number of nitrogens with two attached hydrogens (primary N) is 1. The van der Waals surface area contributed by atoms with Gasteiger partial charge in [0.05, 0.1) is 5.69 Å². The lowest BCUT2D eigenvalue weighted by molar-refractivity contribution is -0.137. The van der Waals surface area contributed by atoms with Crippen molar-refractivity contribution in [2.45, 2.75) is 12.3 Å². The minimum absolute atomic E-state index is 0.0279. The van der Waals surface area contributed by atoms with E-state index in [0.717, 1.165) is 5.38 Å². The van der Waals surface area contributed by atoms with Gasteiger partial charge < -0.3 is 10.8 Å². The number of hydrogen-bond acceptors (Lipinski definition) is 4. The molecule has 74 valence electrons. The molecule has 1 atom stereocenters. The molecular weight excluding hydrogens is 205 g/mol. The third kappa shape index (κ3) is 2.39. The molecule has 0 aliphatic carbocycles. The predicted octanol–water partition coefficient (Wildman–Crippen LogP) is 1.15. The Morgan fingerprint density at radius 3 is 2.62 bits per heavy atom. The van der Waals surface area contributed by atoms with Crippen LogP contribution in [-0.4, -0.2) is 16.6 Å². The molecule has 0 radical (unpaired) electrons. The lowest BCUT2D eigenvalue weighted by Crippen LogP contribution is -2.12. The van der Waals surface area contributed by atoms with Crippen LogP contribution >= 0.6 is 11.3 Å². The summed E-state index contributed by atoms with van der Waals surface area (Å²) in [5, 5.41) is 9.25. The number of thiazole rings is 1. The number of alkyl halides is 3. The molecule has 3 N–H and O–H groups in total. The van der Waals surface area contributed by atoms with E-state index in [0.29, 0.717) is 11.3 Å². The second-order valence-electron chi connectivity index (χ2n) is 2.33. The quantitative estimate of drug-likeness (QED) is 0.773.